The molecule has 0 spiro atoms. The van der Waals surface area contributed by atoms with Crippen molar-refractivity contribution < 1.29 is 18.7 Å². The van der Waals surface area contributed by atoms with E-state index in [-0.39, 0.29) is 17.1 Å². The predicted molar refractivity (Wildman–Crippen MR) is 82.1 cm³/mol. The minimum Gasteiger partial charge on any atom is -0.497 e. The molecule has 0 heterocycles. The Morgan fingerprint density at radius 2 is 1.95 bits per heavy atom. The van der Waals surface area contributed by atoms with E-state index in [9.17, 15) is 9.18 Å². The molecule has 0 saturated carbocycles. The molecule has 2 rings (SSSR count). The maximum Gasteiger partial charge on any atom is 0.253 e. The van der Waals surface area contributed by atoms with Gasteiger partial charge in [0.25, 0.3) is 5.91 Å². The van der Waals surface area contributed by atoms with Crippen LogP contribution in [0.3, 0.4) is 0 Å². The van der Waals surface area contributed by atoms with Gasteiger partial charge in [-0.05, 0) is 30.3 Å². The monoisotopic (exact) mass is 323 g/mol. The predicted octanol–water partition coefficient (Wildman–Crippen LogP) is 3.43. The summed E-state index contributed by atoms with van der Waals surface area (Å²) in [7, 11) is 3.09. The van der Waals surface area contributed by atoms with Gasteiger partial charge in [-0.2, -0.15) is 0 Å². The number of hydrogen-bond acceptors (Lipinski definition) is 3. The van der Waals surface area contributed by atoms with Crippen LogP contribution in [0.25, 0.3) is 0 Å². The number of ether oxygens (including phenoxy) is 2. The second-order valence-electron chi connectivity index (χ2n) is 4.48. The molecule has 0 fully saturated rings. The Balaban J connectivity index is 2.12. The van der Waals surface area contributed by atoms with E-state index in [0.717, 1.165) is 11.6 Å². The average molecular weight is 324 g/mol. The molecule has 6 heteroatoms. The number of rotatable bonds is 5. The van der Waals surface area contributed by atoms with E-state index in [1.54, 1.807) is 25.3 Å². The van der Waals surface area contributed by atoms with Crippen LogP contribution in [-0.4, -0.2) is 20.1 Å². The largest absolute Gasteiger partial charge is 0.497 e. The van der Waals surface area contributed by atoms with Gasteiger partial charge in [0, 0.05) is 18.2 Å². The van der Waals surface area contributed by atoms with Crippen molar-refractivity contribution in [1.82, 2.24) is 5.32 Å². The van der Waals surface area contributed by atoms with Gasteiger partial charge in [-0.3, -0.25) is 4.79 Å². The molecule has 1 amide bonds. The van der Waals surface area contributed by atoms with E-state index in [1.807, 2.05) is 0 Å². The third-order valence-electron chi connectivity index (χ3n) is 3.11. The molecule has 0 aliphatic rings. The highest BCUT2D eigenvalue weighted by Gasteiger charge is 2.12. The zero-order valence-corrected chi connectivity index (χ0v) is 12.9. The van der Waals surface area contributed by atoms with E-state index in [2.05, 4.69) is 5.32 Å². The first kappa shape index (κ1) is 16.1. The summed E-state index contributed by atoms with van der Waals surface area (Å²) < 4.78 is 23.6. The fourth-order valence-corrected chi connectivity index (χ4v) is 2.14. The smallest absolute Gasteiger partial charge is 0.253 e. The normalized spacial score (nSPS) is 10.2. The van der Waals surface area contributed by atoms with Gasteiger partial charge in [-0.25, -0.2) is 4.39 Å². The van der Waals surface area contributed by atoms with Gasteiger partial charge in [-0.15, -0.1) is 0 Å². The number of amides is 1. The molecule has 0 aliphatic heterocycles. The molecule has 22 heavy (non-hydrogen) atoms. The van der Waals surface area contributed by atoms with Gasteiger partial charge in [-0.1, -0.05) is 11.6 Å². The Labute approximate surface area is 132 Å². The summed E-state index contributed by atoms with van der Waals surface area (Å²) in [6, 6.07) is 8.91. The third-order valence-corrected chi connectivity index (χ3v) is 3.44. The molecular formula is C16H15ClFNO3. The summed E-state index contributed by atoms with van der Waals surface area (Å²) in [5.74, 6) is 0.268. The maximum absolute atomic E-state index is 13.2. The zero-order chi connectivity index (χ0) is 16.1. The lowest BCUT2D eigenvalue weighted by Gasteiger charge is -2.12. The Bertz CT molecular complexity index is 691. The number of halogens is 2. The second-order valence-corrected chi connectivity index (χ2v) is 4.89. The quantitative estimate of drug-likeness (QED) is 0.917. The van der Waals surface area contributed by atoms with Gasteiger partial charge in [0.15, 0.2) is 0 Å². The number of hydrogen-bond donors (Lipinski definition) is 1. The van der Waals surface area contributed by atoms with E-state index in [4.69, 9.17) is 21.1 Å². The first-order chi connectivity index (χ1) is 10.5. The molecule has 0 unspecified atom stereocenters. The van der Waals surface area contributed by atoms with Gasteiger partial charge in [0.2, 0.25) is 0 Å². The topological polar surface area (TPSA) is 47.6 Å². The minimum atomic E-state index is -0.517. The molecule has 116 valence electrons. The molecule has 0 radical (unpaired) electrons. The van der Waals surface area contributed by atoms with Crippen LogP contribution in [0.1, 0.15) is 15.9 Å². The molecule has 0 aromatic heterocycles. The fraction of sp³-hybridized carbons (Fsp3) is 0.188. The fourth-order valence-electron chi connectivity index (χ4n) is 1.94. The lowest BCUT2D eigenvalue weighted by molar-refractivity contribution is 0.0950. The van der Waals surface area contributed by atoms with Crippen molar-refractivity contribution in [3.8, 4) is 11.5 Å². The lowest BCUT2D eigenvalue weighted by atomic mass is 10.1. The summed E-state index contributed by atoms with van der Waals surface area (Å²) in [5, 5.41) is 2.88. The van der Waals surface area contributed by atoms with Crippen LogP contribution in [0.4, 0.5) is 4.39 Å². The summed E-state index contributed by atoms with van der Waals surface area (Å²) in [6.45, 7) is 0.221. The van der Waals surface area contributed by atoms with Crippen LogP contribution in [0.15, 0.2) is 36.4 Å². The van der Waals surface area contributed by atoms with Crippen LogP contribution in [-0.2, 0) is 6.54 Å². The number of methoxy groups -OCH3 is 2. The molecule has 0 aliphatic carbocycles. The van der Waals surface area contributed by atoms with Gasteiger partial charge >= 0.3 is 0 Å². The highest BCUT2D eigenvalue weighted by molar-refractivity contribution is 6.33. The first-order valence-electron chi connectivity index (χ1n) is 6.49. The zero-order valence-electron chi connectivity index (χ0n) is 12.2. The Kier molecular flexibility index (Phi) is 5.22. The van der Waals surface area contributed by atoms with Crippen LogP contribution in [0, 0.1) is 5.82 Å². The third kappa shape index (κ3) is 3.68. The number of carbonyl (C=O) groups excluding carboxylic acids is 1. The molecule has 2 aromatic rings. The van der Waals surface area contributed by atoms with Crippen molar-refractivity contribution in [1.29, 1.82) is 0 Å². The van der Waals surface area contributed by atoms with Gasteiger partial charge in [0.1, 0.15) is 17.3 Å². The van der Waals surface area contributed by atoms with Gasteiger partial charge < -0.3 is 14.8 Å². The van der Waals surface area contributed by atoms with E-state index >= 15 is 0 Å². The molecule has 1 N–H and O–H groups in total. The van der Waals surface area contributed by atoms with Crippen LogP contribution >= 0.6 is 11.6 Å². The molecule has 0 atom stereocenters. The standard InChI is InChI=1S/C16H15ClFNO3/c1-21-12-5-3-10(15(8-12)22-2)9-19-16(20)13-7-11(18)4-6-14(13)17/h3-8H,9H2,1-2H3,(H,19,20). The minimum absolute atomic E-state index is 0.0918. The highest BCUT2D eigenvalue weighted by atomic mass is 35.5. The van der Waals surface area contributed by atoms with Crippen molar-refractivity contribution >= 4 is 17.5 Å². The van der Waals surface area contributed by atoms with Crippen molar-refractivity contribution in [3.63, 3.8) is 0 Å². The second kappa shape index (κ2) is 7.13. The molecular weight excluding hydrogens is 309 g/mol. The highest BCUT2D eigenvalue weighted by Crippen LogP contribution is 2.24. The maximum atomic E-state index is 13.2. The van der Waals surface area contributed by atoms with Crippen molar-refractivity contribution in [2.45, 2.75) is 6.54 Å². The number of nitrogens with one attached hydrogen (secondary N) is 1. The molecule has 4 nitrogen and oxygen atoms in total. The summed E-state index contributed by atoms with van der Waals surface area (Å²) in [4.78, 5) is 12.1. The Morgan fingerprint density at radius 3 is 2.64 bits per heavy atom. The van der Waals surface area contributed by atoms with Gasteiger partial charge in [0.05, 0.1) is 24.8 Å². The van der Waals surface area contributed by atoms with E-state index in [0.29, 0.717) is 11.5 Å². The molecule has 0 bridgehead atoms. The SMILES string of the molecule is COc1ccc(CNC(=O)c2cc(F)ccc2Cl)c(OC)c1. The molecule has 0 saturated heterocycles. The van der Waals surface area contributed by atoms with Crippen LogP contribution < -0.4 is 14.8 Å². The summed E-state index contributed by atoms with van der Waals surface area (Å²) in [6.07, 6.45) is 0. The Morgan fingerprint density at radius 1 is 1.18 bits per heavy atom. The lowest BCUT2D eigenvalue weighted by Crippen LogP contribution is -2.23. The number of carbonyl (C=O) groups is 1. The van der Waals surface area contributed by atoms with E-state index < -0.39 is 11.7 Å². The van der Waals surface area contributed by atoms with Crippen molar-refractivity contribution in [2.75, 3.05) is 14.2 Å². The van der Waals surface area contributed by atoms with Crippen LogP contribution in [0.2, 0.25) is 5.02 Å². The number of benzene rings is 2. The van der Waals surface area contributed by atoms with Crippen LogP contribution in [0.5, 0.6) is 11.5 Å². The summed E-state index contributed by atoms with van der Waals surface area (Å²) >= 11 is 5.90. The van der Waals surface area contributed by atoms with Crippen molar-refractivity contribution in [2.24, 2.45) is 0 Å². The average Bonchev–Trinajstić information content (AvgIpc) is 2.54. The van der Waals surface area contributed by atoms with Crippen molar-refractivity contribution in [3.05, 3.63) is 58.4 Å². The Hall–Kier alpha value is -2.27. The molecule has 2 aromatic carbocycles. The van der Waals surface area contributed by atoms with E-state index in [1.165, 1.54) is 19.2 Å². The first-order valence-corrected chi connectivity index (χ1v) is 6.87. The summed E-state index contributed by atoms with van der Waals surface area (Å²) in [5.41, 5.74) is 0.860.